The molecule has 0 saturated heterocycles. The minimum Gasteiger partial charge on any atom is -0.462 e. The number of rotatable bonds is 8. The lowest BCUT2D eigenvalue weighted by Crippen LogP contribution is -2.17. The van der Waals surface area contributed by atoms with Crippen LogP contribution in [0, 0.1) is 0 Å². The van der Waals surface area contributed by atoms with E-state index >= 15 is 0 Å². The average Bonchev–Trinajstić information content (AvgIpc) is 3.37. The van der Waals surface area contributed by atoms with Gasteiger partial charge in [-0.3, -0.25) is 9.89 Å². The molecule has 0 radical (unpaired) electrons. The molecule has 2 heterocycles. The number of anilines is 1. The number of hydrogen-bond acceptors (Lipinski definition) is 7. The molecule has 162 valence electrons. The van der Waals surface area contributed by atoms with E-state index in [-0.39, 0.29) is 17.6 Å². The fourth-order valence-electron chi connectivity index (χ4n) is 3.58. The van der Waals surface area contributed by atoms with Gasteiger partial charge in [0, 0.05) is 11.3 Å². The third-order valence-corrected chi connectivity index (χ3v) is 7.02. The van der Waals surface area contributed by atoms with Crippen molar-refractivity contribution < 1.29 is 14.3 Å². The van der Waals surface area contributed by atoms with E-state index in [0.717, 1.165) is 42.6 Å². The summed E-state index contributed by atoms with van der Waals surface area (Å²) >= 11 is 2.75. The quantitative estimate of drug-likeness (QED) is 0.389. The van der Waals surface area contributed by atoms with Crippen LogP contribution in [0.2, 0.25) is 0 Å². The number of carbonyl (C=O) groups is 2. The van der Waals surface area contributed by atoms with E-state index in [9.17, 15) is 9.59 Å². The predicted octanol–water partition coefficient (Wildman–Crippen LogP) is 4.24. The first kappa shape index (κ1) is 21.6. The number of hydrogen-bond donors (Lipinski definition) is 2. The Kier molecular flexibility index (Phi) is 7.03. The first-order valence-corrected chi connectivity index (χ1v) is 12.1. The van der Waals surface area contributed by atoms with Gasteiger partial charge < -0.3 is 10.1 Å². The molecule has 0 bridgehead atoms. The summed E-state index contributed by atoms with van der Waals surface area (Å²) in [5.41, 5.74) is 2.71. The molecule has 4 rings (SSSR count). The van der Waals surface area contributed by atoms with E-state index in [1.165, 1.54) is 28.0 Å². The van der Waals surface area contributed by atoms with E-state index < -0.39 is 0 Å². The molecule has 1 aliphatic carbocycles. The van der Waals surface area contributed by atoms with Gasteiger partial charge in [-0.25, -0.2) is 9.78 Å². The predicted molar refractivity (Wildman–Crippen MR) is 122 cm³/mol. The van der Waals surface area contributed by atoms with E-state index in [2.05, 4.69) is 20.5 Å². The van der Waals surface area contributed by atoms with Gasteiger partial charge in [0.05, 0.1) is 17.9 Å². The second kappa shape index (κ2) is 10.1. The minimum absolute atomic E-state index is 0.160. The van der Waals surface area contributed by atoms with Crippen LogP contribution in [0.15, 0.2) is 35.5 Å². The van der Waals surface area contributed by atoms with Crippen molar-refractivity contribution in [2.45, 2.75) is 44.2 Å². The van der Waals surface area contributed by atoms with Crippen molar-refractivity contribution in [2.24, 2.45) is 0 Å². The molecule has 1 aromatic carbocycles. The van der Waals surface area contributed by atoms with Crippen molar-refractivity contribution in [1.29, 1.82) is 0 Å². The number of amides is 1. The molecule has 0 fully saturated rings. The summed E-state index contributed by atoms with van der Waals surface area (Å²) in [4.78, 5) is 30.7. The van der Waals surface area contributed by atoms with Gasteiger partial charge in [-0.2, -0.15) is 0 Å². The highest BCUT2D eigenvalue weighted by molar-refractivity contribution is 7.99. The fraction of sp³-hybridized carbons (Fsp3) is 0.364. The molecule has 31 heavy (non-hydrogen) atoms. The molecule has 2 N–H and O–H groups in total. The van der Waals surface area contributed by atoms with Gasteiger partial charge in [0.15, 0.2) is 0 Å². The smallest absolute Gasteiger partial charge is 0.341 e. The van der Waals surface area contributed by atoms with Gasteiger partial charge >= 0.3 is 5.97 Å². The van der Waals surface area contributed by atoms with Gasteiger partial charge in [-0.05, 0) is 43.7 Å². The average molecular weight is 457 g/mol. The molecule has 9 heteroatoms. The summed E-state index contributed by atoms with van der Waals surface area (Å²) in [6, 6.07) is 10.0. The van der Waals surface area contributed by atoms with E-state index in [4.69, 9.17) is 4.74 Å². The monoisotopic (exact) mass is 456 g/mol. The van der Waals surface area contributed by atoms with Crippen molar-refractivity contribution in [3.8, 4) is 0 Å². The maximum atomic E-state index is 12.6. The summed E-state index contributed by atoms with van der Waals surface area (Å²) in [7, 11) is 0. The zero-order valence-corrected chi connectivity index (χ0v) is 18.9. The van der Waals surface area contributed by atoms with Crippen molar-refractivity contribution in [2.75, 3.05) is 17.7 Å². The lowest BCUT2D eigenvalue weighted by molar-refractivity contribution is -0.113. The Hall–Kier alpha value is -2.65. The topological polar surface area (TPSA) is 97.0 Å². The molecular weight excluding hydrogens is 432 g/mol. The Bertz CT molecular complexity index is 1060. The largest absolute Gasteiger partial charge is 0.462 e. The number of esters is 1. The first-order chi connectivity index (χ1) is 15.1. The van der Waals surface area contributed by atoms with Crippen LogP contribution >= 0.6 is 23.1 Å². The number of thioether (sulfide) groups is 1. The van der Waals surface area contributed by atoms with Crippen molar-refractivity contribution >= 4 is 40.0 Å². The number of carbonyl (C=O) groups excluding carboxylic acids is 2. The summed E-state index contributed by atoms with van der Waals surface area (Å²) < 4.78 is 5.24. The van der Waals surface area contributed by atoms with Crippen LogP contribution in [0.4, 0.5) is 5.00 Å². The maximum absolute atomic E-state index is 12.6. The number of benzene rings is 1. The number of ether oxygens (including phenoxy) is 1. The highest BCUT2D eigenvalue weighted by Crippen LogP contribution is 2.38. The molecule has 1 aliphatic rings. The SMILES string of the molecule is CCOC(=O)c1c(NC(=O)CSc2n[nH]c(Cc3ccccc3)n2)sc2c1CCCC2. The summed E-state index contributed by atoms with van der Waals surface area (Å²) in [5.74, 6) is 0.366. The molecule has 0 aliphatic heterocycles. The number of fused-ring (bicyclic) bond motifs is 1. The molecule has 2 aromatic heterocycles. The molecular formula is C22H24N4O3S2. The van der Waals surface area contributed by atoms with Crippen LogP contribution in [0.25, 0.3) is 0 Å². The van der Waals surface area contributed by atoms with E-state index in [0.29, 0.717) is 28.7 Å². The molecule has 0 saturated carbocycles. The lowest BCUT2D eigenvalue weighted by atomic mass is 9.95. The highest BCUT2D eigenvalue weighted by atomic mass is 32.2. The van der Waals surface area contributed by atoms with Gasteiger partial charge in [0.25, 0.3) is 0 Å². The summed E-state index contributed by atoms with van der Waals surface area (Å²) in [6.45, 7) is 2.09. The van der Waals surface area contributed by atoms with Crippen LogP contribution < -0.4 is 5.32 Å². The lowest BCUT2D eigenvalue weighted by Gasteiger charge is -2.12. The van der Waals surface area contributed by atoms with Crippen LogP contribution in [0.1, 0.15) is 52.0 Å². The molecule has 0 atom stereocenters. The van der Waals surface area contributed by atoms with Crippen molar-refractivity contribution in [3.05, 3.63) is 57.7 Å². The Labute approximate surface area is 189 Å². The summed E-state index contributed by atoms with van der Waals surface area (Å²) in [5, 5.41) is 11.2. The van der Waals surface area contributed by atoms with Crippen LogP contribution in [-0.4, -0.2) is 39.4 Å². The maximum Gasteiger partial charge on any atom is 0.341 e. The van der Waals surface area contributed by atoms with E-state index in [1.807, 2.05) is 30.3 Å². The number of nitrogens with one attached hydrogen (secondary N) is 2. The Morgan fingerprint density at radius 1 is 1.23 bits per heavy atom. The van der Waals surface area contributed by atoms with Crippen LogP contribution in [0.3, 0.4) is 0 Å². The second-order valence-electron chi connectivity index (χ2n) is 7.20. The standard InChI is InChI=1S/C22H24N4O3S2/c1-2-29-21(28)19-15-10-6-7-11-16(15)31-20(19)24-18(27)13-30-22-23-17(25-26-22)12-14-8-4-3-5-9-14/h3-5,8-9H,2,6-7,10-13H2,1H3,(H,24,27)(H,23,25,26). The number of nitrogens with zero attached hydrogens (tertiary/aromatic N) is 2. The number of aryl methyl sites for hydroxylation is 1. The second-order valence-corrected chi connectivity index (χ2v) is 9.25. The van der Waals surface area contributed by atoms with Gasteiger partial charge in [-0.1, -0.05) is 42.1 Å². The third-order valence-electron chi connectivity index (χ3n) is 4.96. The number of aromatic nitrogens is 3. The van der Waals surface area contributed by atoms with Gasteiger partial charge in [-0.15, -0.1) is 16.4 Å². The minimum atomic E-state index is -0.357. The highest BCUT2D eigenvalue weighted by Gasteiger charge is 2.27. The molecule has 3 aromatic rings. The zero-order chi connectivity index (χ0) is 21.6. The summed E-state index contributed by atoms with van der Waals surface area (Å²) in [6.07, 6.45) is 4.61. The van der Waals surface area contributed by atoms with Crippen molar-refractivity contribution in [3.63, 3.8) is 0 Å². The van der Waals surface area contributed by atoms with Crippen LogP contribution in [-0.2, 0) is 28.8 Å². The Morgan fingerprint density at radius 2 is 2.03 bits per heavy atom. The fourth-order valence-corrected chi connectivity index (χ4v) is 5.49. The van der Waals surface area contributed by atoms with Crippen molar-refractivity contribution in [1.82, 2.24) is 15.2 Å². The van der Waals surface area contributed by atoms with Gasteiger partial charge in [0.2, 0.25) is 11.1 Å². The van der Waals surface area contributed by atoms with Gasteiger partial charge in [0.1, 0.15) is 10.8 Å². The normalized spacial score (nSPS) is 12.9. The molecule has 0 spiro atoms. The Balaban J connectivity index is 1.38. The van der Waals surface area contributed by atoms with Crippen LogP contribution in [0.5, 0.6) is 0 Å². The molecule has 1 amide bonds. The third kappa shape index (κ3) is 5.34. The molecule has 7 nitrogen and oxygen atoms in total. The van der Waals surface area contributed by atoms with E-state index in [1.54, 1.807) is 6.92 Å². The molecule has 0 unspecified atom stereocenters. The Morgan fingerprint density at radius 3 is 2.84 bits per heavy atom. The number of H-pyrrole nitrogens is 1. The first-order valence-electron chi connectivity index (χ1n) is 10.3. The number of aromatic amines is 1. The zero-order valence-electron chi connectivity index (χ0n) is 17.3. The number of thiophene rings is 1.